The molecular formula is C17H14FN5O2. The maximum absolute atomic E-state index is 13.2. The second-order valence-corrected chi connectivity index (χ2v) is 5.68. The smallest absolute Gasteiger partial charge is 0.268 e. The van der Waals surface area contributed by atoms with E-state index in [0.29, 0.717) is 24.3 Å². The van der Waals surface area contributed by atoms with Crippen LogP contribution in [0.25, 0.3) is 0 Å². The average Bonchev–Trinajstić information content (AvgIpc) is 3.22. The van der Waals surface area contributed by atoms with Crippen molar-refractivity contribution >= 4 is 11.9 Å². The normalized spacial score (nSPS) is 15.5. The van der Waals surface area contributed by atoms with Crippen LogP contribution in [0.15, 0.2) is 49.1 Å². The van der Waals surface area contributed by atoms with Gasteiger partial charge in [-0.1, -0.05) is 6.07 Å². The molecule has 126 valence electrons. The van der Waals surface area contributed by atoms with Gasteiger partial charge in [-0.05, 0) is 29.8 Å². The highest BCUT2D eigenvalue weighted by molar-refractivity contribution is 5.93. The number of benzene rings is 1. The summed E-state index contributed by atoms with van der Waals surface area (Å²) >= 11 is 0. The Bertz CT molecular complexity index is 912. The summed E-state index contributed by atoms with van der Waals surface area (Å²) < 4.78 is 20.4. The minimum Gasteiger partial charge on any atom is -0.480 e. The molecule has 0 spiro atoms. The van der Waals surface area contributed by atoms with Crippen molar-refractivity contribution in [3.63, 3.8) is 0 Å². The van der Waals surface area contributed by atoms with Crippen molar-refractivity contribution in [2.24, 2.45) is 0 Å². The minimum absolute atomic E-state index is 0.194. The van der Waals surface area contributed by atoms with Gasteiger partial charge in [0.15, 0.2) is 6.10 Å². The molecule has 0 bridgehead atoms. The fraction of sp³-hybridized carbons (Fsp3) is 0.176. The summed E-state index contributed by atoms with van der Waals surface area (Å²) in [6.07, 6.45) is 4.56. The van der Waals surface area contributed by atoms with E-state index in [4.69, 9.17) is 4.74 Å². The molecule has 1 N–H and O–H groups in total. The van der Waals surface area contributed by atoms with Crippen LogP contribution in [0.5, 0.6) is 5.75 Å². The lowest BCUT2D eigenvalue weighted by molar-refractivity contribution is -0.122. The van der Waals surface area contributed by atoms with Crippen LogP contribution in [-0.2, 0) is 17.8 Å². The number of fused-ring (bicyclic) bond motifs is 1. The van der Waals surface area contributed by atoms with Gasteiger partial charge in [0.05, 0.1) is 6.54 Å². The fourth-order valence-electron chi connectivity index (χ4n) is 2.66. The Morgan fingerprint density at radius 3 is 3.16 bits per heavy atom. The maximum Gasteiger partial charge on any atom is 0.268 e. The van der Waals surface area contributed by atoms with Crippen LogP contribution in [0.2, 0.25) is 0 Å². The van der Waals surface area contributed by atoms with Crippen molar-refractivity contribution in [3.8, 4) is 5.75 Å². The van der Waals surface area contributed by atoms with Crippen molar-refractivity contribution in [3.05, 3.63) is 66.0 Å². The van der Waals surface area contributed by atoms with Crippen LogP contribution in [0.4, 0.5) is 10.3 Å². The van der Waals surface area contributed by atoms with Crippen LogP contribution in [-0.4, -0.2) is 31.8 Å². The van der Waals surface area contributed by atoms with Gasteiger partial charge in [0.1, 0.15) is 17.9 Å². The summed E-state index contributed by atoms with van der Waals surface area (Å²) in [5.41, 5.74) is 1.65. The van der Waals surface area contributed by atoms with Crippen LogP contribution >= 0.6 is 0 Å². The van der Waals surface area contributed by atoms with Crippen molar-refractivity contribution in [1.29, 1.82) is 0 Å². The van der Waals surface area contributed by atoms with Crippen molar-refractivity contribution < 1.29 is 13.9 Å². The van der Waals surface area contributed by atoms with E-state index in [-0.39, 0.29) is 17.7 Å². The Labute approximate surface area is 142 Å². The third-order valence-corrected chi connectivity index (χ3v) is 3.83. The number of ether oxygens (including phenoxy) is 1. The maximum atomic E-state index is 13.2. The fourth-order valence-corrected chi connectivity index (χ4v) is 2.66. The molecule has 0 saturated heterocycles. The summed E-state index contributed by atoms with van der Waals surface area (Å²) in [4.78, 5) is 20.4. The van der Waals surface area contributed by atoms with Crippen molar-refractivity contribution in [2.75, 3.05) is 5.32 Å². The van der Waals surface area contributed by atoms with Gasteiger partial charge in [-0.3, -0.25) is 15.1 Å². The zero-order valence-electron chi connectivity index (χ0n) is 13.1. The van der Waals surface area contributed by atoms with Crippen molar-refractivity contribution in [1.82, 2.24) is 19.7 Å². The second-order valence-electron chi connectivity index (χ2n) is 5.68. The van der Waals surface area contributed by atoms with E-state index in [0.717, 1.165) is 5.56 Å². The van der Waals surface area contributed by atoms with Crippen LogP contribution in [0.1, 0.15) is 11.1 Å². The molecule has 3 aromatic rings. The summed E-state index contributed by atoms with van der Waals surface area (Å²) in [6.45, 7) is 0.501. The summed E-state index contributed by atoms with van der Waals surface area (Å²) in [5, 5.41) is 6.83. The Morgan fingerprint density at radius 1 is 1.40 bits per heavy atom. The largest absolute Gasteiger partial charge is 0.480 e. The lowest BCUT2D eigenvalue weighted by atomic mass is 10.1. The van der Waals surface area contributed by atoms with Gasteiger partial charge in [-0.2, -0.15) is 0 Å². The molecule has 0 fully saturated rings. The first-order valence-electron chi connectivity index (χ1n) is 7.72. The first kappa shape index (κ1) is 15.3. The lowest BCUT2D eigenvalue weighted by Crippen LogP contribution is -2.31. The molecule has 25 heavy (non-hydrogen) atoms. The minimum atomic E-state index is -0.720. The van der Waals surface area contributed by atoms with E-state index in [1.807, 2.05) is 12.1 Å². The monoisotopic (exact) mass is 339 g/mol. The zero-order valence-corrected chi connectivity index (χ0v) is 13.1. The molecule has 7 nitrogen and oxygen atoms in total. The standard InChI is InChI=1S/C17H14FN5O2/c18-13-3-4-14-12(6-13)7-15(25-14)16(24)21-17-20-10-23(22-17)9-11-2-1-5-19-8-11/h1-6,8,10,15H,7,9H2,(H,21,22,24)/t15-/m1/s1. The van der Waals surface area contributed by atoms with E-state index in [9.17, 15) is 9.18 Å². The zero-order chi connectivity index (χ0) is 17.2. The molecule has 1 aliphatic heterocycles. The molecule has 0 saturated carbocycles. The number of nitrogens with one attached hydrogen (secondary N) is 1. The third kappa shape index (κ3) is 3.32. The number of aromatic nitrogens is 4. The Hall–Kier alpha value is -3.29. The summed E-state index contributed by atoms with van der Waals surface area (Å²) in [5.74, 6) is 0.00574. The number of pyridine rings is 1. The van der Waals surface area contributed by atoms with Gasteiger partial charge < -0.3 is 4.74 Å². The highest BCUT2D eigenvalue weighted by atomic mass is 19.1. The molecule has 1 aromatic carbocycles. The molecule has 0 unspecified atom stereocenters. The number of hydrogen-bond acceptors (Lipinski definition) is 5. The second kappa shape index (κ2) is 6.31. The number of nitrogens with zero attached hydrogens (tertiary/aromatic N) is 4. The molecule has 0 aliphatic carbocycles. The molecule has 1 atom stereocenters. The number of halogens is 1. The van der Waals surface area contributed by atoms with Crippen LogP contribution in [0.3, 0.4) is 0 Å². The molecule has 2 aromatic heterocycles. The molecule has 4 rings (SSSR count). The SMILES string of the molecule is O=C(Nc1ncn(Cc2cccnc2)n1)[C@H]1Cc2cc(F)ccc2O1. The summed E-state index contributed by atoms with van der Waals surface area (Å²) in [6, 6.07) is 7.98. The van der Waals surface area contributed by atoms with Crippen LogP contribution in [0, 0.1) is 5.82 Å². The predicted octanol–water partition coefficient (Wildman–Crippen LogP) is 1.80. The van der Waals surface area contributed by atoms with Gasteiger partial charge in [0.25, 0.3) is 5.91 Å². The molecule has 8 heteroatoms. The topological polar surface area (TPSA) is 81.9 Å². The lowest BCUT2D eigenvalue weighted by Gasteiger charge is -2.09. The highest BCUT2D eigenvalue weighted by Gasteiger charge is 2.30. The van der Waals surface area contributed by atoms with Gasteiger partial charge in [-0.25, -0.2) is 14.1 Å². The first-order valence-corrected chi connectivity index (χ1v) is 7.72. The Kier molecular flexibility index (Phi) is 3.85. The van der Waals surface area contributed by atoms with E-state index in [1.165, 1.54) is 24.5 Å². The first-order chi connectivity index (χ1) is 12.2. The molecule has 3 heterocycles. The van der Waals surface area contributed by atoms with Gasteiger partial charge in [0.2, 0.25) is 5.95 Å². The predicted molar refractivity (Wildman–Crippen MR) is 86.5 cm³/mol. The Balaban J connectivity index is 1.39. The van der Waals surface area contributed by atoms with Gasteiger partial charge in [-0.15, -0.1) is 5.10 Å². The Morgan fingerprint density at radius 2 is 2.32 bits per heavy atom. The van der Waals surface area contributed by atoms with E-state index in [1.54, 1.807) is 17.1 Å². The number of amides is 1. The number of anilines is 1. The number of rotatable bonds is 4. The van der Waals surface area contributed by atoms with Crippen LogP contribution < -0.4 is 10.1 Å². The number of hydrogen-bond donors (Lipinski definition) is 1. The summed E-state index contributed by atoms with van der Waals surface area (Å²) in [7, 11) is 0. The third-order valence-electron chi connectivity index (χ3n) is 3.83. The molecule has 0 radical (unpaired) electrons. The molecule has 1 aliphatic rings. The molecular weight excluding hydrogens is 325 g/mol. The highest BCUT2D eigenvalue weighted by Crippen LogP contribution is 2.29. The van der Waals surface area contributed by atoms with Crippen molar-refractivity contribution in [2.45, 2.75) is 19.1 Å². The number of carbonyl (C=O) groups excluding carboxylic acids is 1. The number of carbonyl (C=O) groups is 1. The molecule has 1 amide bonds. The quantitative estimate of drug-likeness (QED) is 0.784. The van der Waals surface area contributed by atoms with Gasteiger partial charge >= 0.3 is 0 Å². The van der Waals surface area contributed by atoms with E-state index in [2.05, 4.69) is 20.4 Å². The average molecular weight is 339 g/mol. The van der Waals surface area contributed by atoms with E-state index < -0.39 is 6.10 Å². The van der Waals surface area contributed by atoms with Gasteiger partial charge in [0, 0.05) is 24.4 Å². The van der Waals surface area contributed by atoms with E-state index >= 15 is 0 Å².